The third kappa shape index (κ3) is 1.64. The highest BCUT2D eigenvalue weighted by molar-refractivity contribution is 5.18. The number of hydrogen-bond acceptors (Lipinski definition) is 5. The van der Waals surface area contributed by atoms with Crippen molar-refractivity contribution >= 4 is 0 Å². The monoisotopic (exact) mass is 176 g/mol. The molecule has 0 spiro atoms. The molecule has 0 radical (unpaired) electrons. The summed E-state index contributed by atoms with van der Waals surface area (Å²) in [6.07, 6.45) is 3.95. The van der Waals surface area contributed by atoms with Crippen LogP contribution < -0.4 is 5.48 Å². The van der Waals surface area contributed by atoms with Crippen molar-refractivity contribution < 1.29 is 4.84 Å². The lowest BCUT2D eigenvalue weighted by molar-refractivity contribution is 0.0876. The summed E-state index contributed by atoms with van der Waals surface area (Å²) < 4.78 is 0. The molecule has 1 atom stereocenters. The van der Waals surface area contributed by atoms with Crippen LogP contribution in [0.15, 0.2) is 12.4 Å². The molecule has 0 aliphatic carbocycles. The van der Waals surface area contributed by atoms with Gasteiger partial charge in [0.25, 0.3) is 0 Å². The van der Waals surface area contributed by atoms with Gasteiger partial charge in [0.05, 0.1) is 30.7 Å². The molecule has 1 saturated heterocycles. The number of aromatic nitrogens is 2. The van der Waals surface area contributed by atoms with E-state index in [0.717, 1.165) is 12.1 Å². The fourth-order valence-corrected chi connectivity index (χ4v) is 1.21. The molecule has 0 aromatic carbocycles. The molecule has 66 valence electrons. The van der Waals surface area contributed by atoms with Crippen LogP contribution in [0.2, 0.25) is 0 Å². The van der Waals surface area contributed by atoms with Crippen molar-refractivity contribution in [3.8, 4) is 6.07 Å². The van der Waals surface area contributed by atoms with Crippen molar-refractivity contribution in [2.75, 3.05) is 6.61 Å². The fourth-order valence-electron chi connectivity index (χ4n) is 1.21. The molecule has 0 amide bonds. The van der Waals surface area contributed by atoms with E-state index in [1.165, 1.54) is 6.20 Å². The van der Waals surface area contributed by atoms with Crippen LogP contribution in [-0.4, -0.2) is 16.6 Å². The van der Waals surface area contributed by atoms with Gasteiger partial charge >= 0.3 is 0 Å². The second kappa shape index (κ2) is 3.47. The Balaban J connectivity index is 2.25. The zero-order chi connectivity index (χ0) is 9.10. The standard InChI is InChI=1S/C8H8N4O/c9-3-6-4-10-5-8(11-6)7-1-2-13-12-7/h4-5,7,12H,1-2H2/t7-/m0/s1. The molecule has 5 nitrogen and oxygen atoms in total. The van der Waals surface area contributed by atoms with Gasteiger partial charge in [-0.3, -0.25) is 4.98 Å². The van der Waals surface area contributed by atoms with Crippen molar-refractivity contribution in [3.63, 3.8) is 0 Å². The van der Waals surface area contributed by atoms with Gasteiger partial charge in [0.15, 0.2) is 5.69 Å². The van der Waals surface area contributed by atoms with E-state index >= 15 is 0 Å². The number of nitrogens with one attached hydrogen (secondary N) is 1. The first-order valence-corrected chi connectivity index (χ1v) is 3.99. The van der Waals surface area contributed by atoms with E-state index in [2.05, 4.69) is 15.4 Å². The fraction of sp³-hybridized carbons (Fsp3) is 0.375. The zero-order valence-corrected chi connectivity index (χ0v) is 6.90. The van der Waals surface area contributed by atoms with E-state index in [0.29, 0.717) is 12.3 Å². The van der Waals surface area contributed by atoms with Gasteiger partial charge in [-0.05, 0) is 6.42 Å². The van der Waals surface area contributed by atoms with Crippen molar-refractivity contribution in [2.24, 2.45) is 0 Å². The van der Waals surface area contributed by atoms with Crippen LogP contribution in [0, 0.1) is 11.3 Å². The van der Waals surface area contributed by atoms with Crippen LogP contribution in [0.3, 0.4) is 0 Å². The first-order chi connectivity index (χ1) is 6.40. The van der Waals surface area contributed by atoms with Crippen LogP contribution >= 0.6 is 0 Å². The van der Waals surface area contributed by atoms with Crippen molar-refractivity contribution in [2.45, 2.75) is 12.5 Å². The summed E-state index contributed by atoms with van der Waals surface area (Å²) in [7, 11) is 0. The minimum absolute atomic E-state index is 0.0702. The molecular weight excluding hydrogens is 168 g/mol. The molecule has 2 heterocycles. The first-order valence-electron chi connectivity index (χ1n) is 3.99. The number of nitrogens with zero attached hydrogens (tertiary/aromatic N) is 3. The van der Waals surface area contributed by atoms with Gasteiger partial charge in [0, 0.05) is 0 Å². The van der Waals surface area contributed by atoms with E-state index in [4.69, 9.17) is 10.1 Å². The van der Waals surface area contributed by atoms with Crippen LogP contribution in [0.4, 0.5) is 0 Å². The second-order valence-corrected chi connectivity index (χ2v) is 2.75. The van der Waals surface area contributed by atoms with E-state index in [1.807, 2.05) is 6.07 Å². The van der Waals surface area contributed by atoms with Crippen molar-refractivity contribution in [1.29, 1.82) is 5.26 Å². The molecule has 1 fully saturated rings. The minimum Gasteiger partial charge on any atom is -0.301 e. The van der Waals surface area contributed by atoms with Crippen LogP contribution in [-0.2, 0) is 4.84 Å². The maximum atomic E-state index is 8.60. The lowest BCUT2D eigenvalue weighted by Gasteiger charge is -2.05. The maximum Gasteiger partial charge on any atom is 0.159 e. The van der Waals surface area contributed by atoms with Gasteiger partial charge in [-0.2, -0.15) is 10.7 Å². The third-order valence-corrected chi connectivity index (χ3v) is 1.86. The Morgan fingerprint density at radius 2 is 2.54 bits per heavy atom. The molecule has 1 aromatic heterocycles. The van der Waals surface area contributed by atoms with Crippen LogP contribution in [0.1, 0.15) is 23.9 Å². The predicted octanol–water partition coefficient (Wildman–Crippen LogP) is 0.314. The third-order valence-electron chi connectivity index (χ3n) is 1.86. The molecule has 0 saturated carbocycles. The Kier molecular flexibility index (Phi) is 2.17. The molecule has 13 heavy (non-hydrogen) atoms. The molecule has 1 aliphatic rings. The topological polar surface area (TPSA) is 70.8 Å². The smallest absolute Gasteiger partial charge is 0.159 e. The lowest BCUT2D eigenvalue weighted by Crippen LogP contribution is -2.13. The summed E-state index contributed by atoms with van der Waals surface area (Å²) in [6, 6.07) is 2.02. The lowest BCUT2D eigenvalue weighted by atomic mass is 10.2. The Bertz CT molecular complexity index is 340. The van der Waals surface area contributed by atoms with Crippen LogP contribution in [0.5, 0.6) is 0 Å². The van der Waals surface area contributed by atoms with E-state index in [1.54, 1.807) is 6.20 Å². The van der Waals surface area contributed by atoms with E-state index in [-0.39, 0.29) is 6.04 Å². The minimum atomic E-state index is 0.0702. The molecular formula is C8H8N4O. The maximum absolute atomic E-state index is 8.60. The first kappa shape index (κ1) is 8.10. The predicted molar refractivity (Wildman–Crippen MR) is 43.2 cm³/mol. The molecule has 5 heteroatoms. The highest BCUT2D eigenvalue weighted by Crippen LogP contribution is 2.17. The van der Waals surface area contributed by atoms with Crippen LogP contribution in [0.25, 0.3) is 0 Å². The number of nitriles is 1. The van der Waals surface area contributed by atoms with Gasteiger partial charge in [0.1, 0.15) is 6.07 Å². The summed E-state index contributed by atoms with van der Waals surface area (Å²) in [5, 5.41) is 8.60. The van der Waals surface area contributed by atoms with E-state index < -0.39 is 0 Å². The average molecular weight is 176 g/mol. The number of hydrogen-bond donors (Lipinski definition) is 1. The summed E-state index contributed by atoms with van der Waals surface area (Å²) >= 11 is 0. The quantitative estimate of drug-likeness (QED) is 0.667. The van der Waals surface area contributed by atoms with E-state index in [9.17, 15) is 0 Å². The Morgan fingerprint density at radius 3 is 3.23 bits per heavy atom. The summed E-state index contributed by atoms with van der Waals surface area (Å²) in [6.45, 7) is 0.670. The second-order valence-electron chi connectivity index (χ2n) is 2.75. The van der Waals surface area contributed by atoms with Gasteiger partial charge in [-0.15, -0.1) is 0 Å². The molecule has 1 aromatic rings. The van der Waals surface area contributed by atoms with Gasteiger partial charge in [-0.1, -0.05) is 0 Å². The van der Waals surface area contributed by atoms with Gasteiger partial charge in [-0.25, -0.2) is 4.98 Å². The van der Waals surface area contributed by atoms with Gasteiger partial charge in [0.2, 0.25) is 0 Å². The summed E-state index contributed by atoms with van der Waals surface area (Å²) in [4.78, 5) is 13.0. The van der Waals surface area contributed by atoms with Gasteiger partial charge < -0.3 is 4.84 Å². The summed E-state index contributed by atoms with van der Waals surface area (Å²) in [5.41, 5.74) is 3.91. The highest BCUT2D eigenvalue weighted by atomic mass is 16.7. The van der Waals surface area contributed by atoms with Crippen molar-refractivity contribution in [3.05, 3.63) is 23.8 Å². The molecule has 1 N–H and O–H groups in total. The number of rotatable bonds is 1. The number of hydroxylamine groups is 1. The zero-order valence-electron chi connectivity index (χ0n) is 6.90. The Morgan fingerprint density at radius 1 is 1.62 bits per heavy atom. The highest BCUT2D eigenvalue weighted by Gasteiger charge is 2.18. The summed E-state index contributed by atoms with van der Waals surface area (Å²) in [5.74, 6) is 0. The molecule has 0 unspecified atom stereocenters. The average Bonchev–Trinajstić information content (AvgIpc) is 2.71. The SMILES string of the molecule is N#Cc1cncc([C@@H]2CCON2)n1. The normalized spacial score (nSPS) is 21.3. The molecule has 0 bridgehead atoms. The Labute approximate surface area is 75.3 Å². The van der Waals surface area contributed by atoms with Crippen molar-refractivity contribution in [1.82, 2.24) is 15.4 Å². The largest absolute Gasteiger partial charge is 0.301 e. The molecule has 2 rings (SSSR count). The Hall–Kier alpha value is -1.51. The molecule has 1 aliphatic heterocycles.